The topological polar surface area (TPSA) is 87.6 Å². The molecule has 2 aromatic rings. The quantitative estimate of drug-likeness (QED) is 0.883. The minimum atomic E-state index is -0.386. The third-order valence-electron chi connectivity index (χ3n) is 2.43. The molecule has 0 amide bonds. The third-order valence-corrected chi connectivity index (χ3v) is 3.52. The summed E-state index contributed by atoms with van der Waals surface area (Å²) in [7, 11) is 0. The fourth-order valence-electron chi connectivity index (χ4n) is 1.55. The van der Waals surface area contributed by atoms with Crippen LogP contribution in [0.3, 0.4) is 0 Å². The van der Waals surface area contributed by atoms with E-state index in [0.29, 0.717) is 17.1 Å². The summed E-state index contributed by atoms with van der Waals surface area (Å²) in [4.78, 5) is 8.44. The van der Waals surface area contributed by atoms with Gasteiger partial charge in [0, 0.05) is 11.6 Å². The predicted octanol–water partition coefficient (Wildman–Crippen LogP) is 2.34. The summed E-state index contributed by atoms with van der Waals surface area (Å²) < 4.78 is 0. The van der Waals surface area contributed by atoms with Crippen LogP contribution >= 0.6 is 11.3 Å². The van der Waals surface area contributed by atoms with Crippen molar-refractivity contribution in [1.29, 1.82) is 5.26 Å². The molecule has 0 saturated carbocycles. The highest BCUT2D eigenvalue weighted by atomic mass is 32.1. The van der Waals surface area contributed by atoms with Crippen LogP contribution in [-0.4, -0.2) is 9.97 Å². The van der Waals surface area contributed by atoms with E-state index in [1.165, 1.54) is 6.20 Å². The molecular weight excluding hydrogens is 246 g/mol. The van der Waals surface area contributed by atoms with Crippen molar-refractivity contribution in [3.05, 3.63) is 34.4 Å². The fourth-order valence-corrected chi connectivity index (χ4v) is 2.27. The lowest BCUT2D eigenvalue weighted by Gasteiger charge is -2.25. The van der Waals surface area contributed by atoms with Crippen LogP contribution in [0.1, 0.15) is 24.4 Å². The number of thiazole rings is 1. The Morgan fingerprint density at radius 2 is 2.22 bits per heavy atom. The van der Waals surface area contributed by atoms with Gasteiger partial charge in [0.15, 0.2) is 0 Å². The number of pyridine rings is 1. The van der Waals surface area contributed by atoms with Gasteiger partial charge >= 0.3 is 0 Å². The number of hydrogen-bond acceptors (Lipinski definition) is 6. The van der Waals surface area contributed by atoms with Gasteiger partial charge in [-0.25, -0.2) is 9.97 Å². The SMILES string of the molecule is CC(C)(Nc1ncc(N)cc1C#N)c1nccs1. The molecule has 0 radical (unpaired) electrons. The van der Waals surface area contributed by atoms with Crippen LogP contribution in [0.15, 0.2) is 23.8 Å². The largest absolute Gasteiger partial charge is 0.397 e. The summed E-state index contributed by atoms with van der Waals surface area (Å²) in [6, 6.07) is 3.69. The highest BCUT2D eigenvalue weighted by molar-refractivity contribution is 7.09. The molecule has 0 aliphatic carbocycles. The molecule has 0 atom stereocenters. The number of hydrogen-bond donors (Lipinski definition) is 2. The molecule has 0 saturated heterocycles. The van der Waals surface area contributed by atoms with Crippen LogP contribution in [0, 0.1) is 11.3 Å². The first-order chi connectivity index (χ1) is 8.53. The summed E-state index contributed by atoms with van der Waals surface area (Å²) in [6.07, 6.45) is 3.28. The normalized spacial score (nSPS) is 10.9. The smallest absolute Gasteiger partial charge is 0.144 e. The molecule has 2 rings (SSSR count). The van der Waals surface area contributed by atoms with Gasteiger partial charge in [-0.05, 0) is 19.9 Å². The molecule has 0 bridgehead atoms. The molecule has 0 aliphatic rings. The van der Waals surface area contributed by atoms with Gasteiger partial charge in [0.2, 0.25) is 0 Å². The van der Waals surface area contributed by atoms with E-state index >= 15 is 0 Å². The van der Waals surface area contributed by atoms with Gasteiger partial charge in [0.1, 0.15) is 16.9 Å². The maximum absolute atomic E-state index is 9.07. The number of anilines is 2. The van der Waals surface area contributed by atoms with Gasteiger partial charge in [-0.15, -0.1) is 11.3 Å². The second-order valence-electron chi connectivity index (χ2n) is 4.36. The van der Waals surface area contributed by atoms with Crippen LogP contribution in [0.5, 0.6) is 0 Å². The molecule has 0 unspecified atom stereocenters. The zero-order chi connectivity index (χ0) is 13.2. The number of nitrogen functional groups attached to an aromatic ring is 1. The van der Waals surface area contributed by atoms with Gasteiger partial charge in [-0.1, -0.05) is 0 Å². The summed E-state index contributed by atoms with van der Waals surface area (Å²) >= 11 is 1.56. The van der Waals surface area contributed by atoms with E-state index in [2.05, 4.69) is 21.4 Å². The predicted molar refractivity (Wildman–Crippen MR) is 72.1 cm³/mol. The molecule has 2 aromatic heterocycles. The van der Waals surface area contributed by atoms with Crippen molar-refractivity contribution in [2.45, 2.75) is 19.4 Å². The monoisotopic (exact) mass is 259 g/mol. The van der Waals surface area contributed by atoms with Gasteiger partial charge in [0.25, 0.3) is 0 Å². The Morgan fingerprint density at radius 3 is 2.83 bits per heavy atom. The standard InChI is InChI=1S/C12H13N5S/c1-12(2,11-15-3-4-18-11)17-10-8(6-13)5-9(14)7-16-10/h3-5,7H,14H2,1-2H3,(H,16,17). The molecular formula is C12H13N5S. The van der Waals surface area contributed by atoms with Crippen molar-refractivity contribution in [2.75, 3.05) is 11.1 Å². The van der Waals surface area contributed by atoms with E-state index < -0.39 is 0 Å². The van der Waals surface area contributed by atoms with Gasteiger partial charge in [-0.2, -0.15) is 5.26 Å². The first-order valence-electron chi connectivity index (χ1n) is 5.37. The lowest BCUT2D eigenvalue weighted by Crippen LogP contribution is -2.28. The molecule has 0 aromatic carbocycles. The van der Waals surface area contributed by atoms with Gasteiger partial charge in [0.05, 0.1) is 23.0 Å². The first-order valence-corrected chi connectivity index (χ1v) is 6.24. The highest BCUT2D eigenvalue weighted by Crippen LogP contribution is 2.28. The molecule has 6 heteroatoms. The Bertz CT molecular complexity index is 583. The number of nitrogens with zero attached hydrogens (tertiary/aromatic N) is 3. The Labute approximate surface area is 109 Å². The van der Waals surface area contributed by atoms with Crippen molar-refractivity contribution in [3.63, 3.8) is 0 Å². The Morgan fingerprint density at radius 1 is 1.44 bits per heavy atom. The number of aromatic nitrogens is 2. The molecule has 18 heavy (non-hydrogen) atoms. The Hall–Kier alpha value is -2.13. The lowest BCUT2D eigenvalue weighted by atomic mass is 10.1. The second kappa shape index (κ2) is 4.63. The lowest BCUT2D eigenvalue weighted by molar-refractivity contribution is 0.600. The number of nitrogens with two attached hydrogens (primary N) is 1. The first kappa shape index (κ1) is 12.3. The van der Waals surface area contributed by atoms with Crippen molar-refractivity contribution in [2.24, 2.45) is 0 Å². The average Bonchev–Trinajstić information content (AvgIpc) is 2.85. The van der Waals surface area contributed by atoms with Crippen LogP contribution in [0.4, 0.5) is 11.5 Å². The molecule has 0 spiro atoms. The zero-order valence-electron chi connectivity index (χ0n) is 10.1. The van der Waals surface area contributed by atoms with Crippen molar-refractivity contribution in [3.8, 4) is 6.07 Å². The van der Waals surface area contributed by atoms with Crippen LogP contribution < -0.4 is 11.1 Å². The minimum absolute atomic E-state index is 0.386. The molecule has 92 valence electrons. The highest BCUT2D eigenvalue weighted by Gasteiger charge is 2.24. The van der Waals surface area contributed by atoms with E-state index in [1.54, 1.807) is 23.6 Å². The average molecular weight is 259 g/mol. The van der Waals surface area contributed by atoms with Crippen molar-refractivity contribution in [1.82, 2.24) is 9.97 Å². The third kappa shape index (κ3) is 2.41. The van der Waals surface area contributed by atoms with E-state index in [9.17, 15) is 0 Å². The van der Waals surface area contributed by atoms with Gasteiger partial charge in [-0.3, -0.25) is 0 Å². The van der Waals surface area contributed by atoms with E-state index in [1.807, 2.05) is 19.2 Å². The molecule has 0 aliphatic heterocycles. The van der Waals surface area contributed by atoms with Gasteiger partial charge < -0.3 is 11.1 Å². The van der Waals surface area contributed by atoms with Crippen LogP contribution in [0.2, 0.25) is 0 Å². The minimum Gasteiger partial charge on any atom is -0.397 e. The molecule has 0 fully saturated rings. The Balaban J connectivity index is 2.32. The van der Waals surface area contributed by atoms with Crippen molar-refractivity contribution < 1.29 is 0 Å². The molecule has 2 heterocycles. The molecule has 3 N–H and O–H groups in total. The number of nitrogens with one attached hydrogen (secondary N) is 1. The summed E-state index contributed by atoms with van der Waals surface area (Å²) in [5.74, 6) is 0.520. The zero-order valence-corrected chi connectivity index (χ0v) is 11.0. The molecule has 5 nitrogen and oxygen atoms in total. The van der Waals surface area contributed by atoms with Crippen LogP contribution in [-0.2, 0) is 5.54 Å². The van der Waals surface area contributed by atoms with E-state index in [-0.39, 0.29) is 5.54 Å². The van der Waals surface area contributed by atoms with Crippen molar-refractivity contribution >= 4 is 22.8 Å². The number of nitriles is 1. The fraction of sp³-hybridized carbons (Fsp3) is 0.250. The summed E-state index contributed by atoms with van der Waals surface area (Å²) in [5, 5.41) is 15.2. The summed E-state index contributed by atoms with van der Waals surface area (Å²) in [6.45, 7) is 3.98. The second-order valence-corrected chi connectivity index (χ2v) is 5.26. The maximum Gasteiger partial charge on any atom is 0.144 e. The summed E-state index contributed by atoms with van der Waals surface area (Å²) in [5.41, 5.74) is 6.13. The Kier molecular flexibility index (Phi) is 3.17. The maximum atomic E-state index is 9.07. The van der Waals surface area contributed by atoms with E-state index in [0.717, 1.165) is 5.01 Å². The number of rotatable bonds is 3. The van der Waals surface area contributed by atoms with E-state index in [4.69, 9.17) is 11.0 Å². The van der Waals surface area contributed by atoms with Crippen LogP contribution in [0.25, 0.3) is 0 Å².